The number of carbonyl (C=O) groups excluding carboxylic acids is 1. The van der Waals surface area contributed by atoms with Crippen LogP contribution < -0.4 is 5.73 Å². The predicted molar refractivity (Wildman–Crippen MR) is 82.9 cm³/mol. The number of thiazole rings is 1. The molecule has 4 nitrogen and oxygen atoms in total. The summed E-state index contributed by atoms with van der Waals surface area (Å²) in [5.41, 5.74) is 8.86. The lowest BCUT2D eigenvalue weighted by Gasteiger charge is -2.24. The molecule has 0 saturated carbocycles. The van der Waals surface area contributed by atoms with Gasteiger partial charge in [0.15, 0.2) is 0 Å². The van der Waals surface area contributed by atoms with E-state index in [1.165, 1.54) is 4.88 Å². The normalized spacial score (nSPS) is 13.5. The fraction of sp³-hybridized carbons (Fsp3) is 0.692. The number of aromatic nitrogens is 1. The van der Waals surface area contributed by atoms with E-state index in [4.69, 9.17) is 5.73 Å². The van der Waals surface area contributed by atoms with Crippen molar-refractivity contribution in [1.29, 1.82) is 0 Å². The Labute approximate surface area is 125 Å². The Morgan fingerprint density at radius 3 is 2.68 bits per heavy atom. The second-order valence-corrected chi connectivity index (χ2v) is 5.72. The van der Waals surface area contributed by atoms with Crippen molar-refractivity contribution in [3.05, 3.63) is 16.1 Å². The molecular weight excluding hydrogens is 282 g/mol. The minimum absolute atomic E-state index is 0. The van der Waals surface area contributed by atoms with Crippen LogP contribution in [0.15, 0.2) is 5.51 Å². The van der Waals surface area contributed by atoms with E-state index in [1.54, 1.807) is 16.2 Å². The van der Waals surface area contributed by atoms with Gasteiger partial charge in [0.25, 0.3) is 0 Å². The Balaban J connectivity index is 0.00000324. The highest BCUT2D eigenvalue weighted by atomic mass is 35.5. The molecule has 2 N–H and O–H groups in total. The first kappa shape index (κ1) is 18.4. The van der Waals surface area contributed by atoms with Gasteiger partial charge in [0, 0.05) is 24.9 Å². The maximum absolute atomic E-state index is 12.1. The molecule has 0 unspecified atom stereocenters. The Kier molecular flexibility index (Phi) is 8.22. The minimum Gasteiger partial charge on any atom is -0.344 e. The van der Waals surface area contributed by atoms with Crippen LogP contribution in [0, 0.1) is 12.8 Å². The molecule has 19 heavy (non-hydrogen) atoms. The molecule has 0 fully saturated rings. The summed E-state index contributed by atoms with van der Waals surface area (Å²) >= 11 is 1.64. The van der Waals surface area contributed by atoms with Crippen molar-refractivity contribution in [3.8, 4) is 0 Å². The first-order valence-corrected chi connectivity index (χ1v) is 7.24. The van der Waals surface area contributed by atoms with Crippen molar-refractivity contribution in [2.45, 2.75) is 39.7 Å². The molecule has 1 heterocycles. The molecule has 1 aromatic heterocycles. The van der Waals surface area contributed by atoms with E-state index < -0.39 is 0 Å². The third-order valence-electron chi connectivity index (χ3n) is 3.44. The minimum atomic E-state index is -0.387. The summed E-state index contributed by atoms with van der Waals surface area (Å²) < 4.78 is 0. The van der Waals surface area contributed by atoms with Gasteiger partial charge in [-0.15, -0.1) is 23.7 Å². The van der Waals surface area contributed by atoms with E-state index in [9.17, 15) is 4.79 Å². The molecule has 0 aliphatic carbocycles. The SMILES string of the molecule is CC[C@H](C)[C@H](N)C(=O)N(C)CCc1scnc1C.Cl. The molecule has 0 saturated heterocycles. The monoisotopic (exact) mass is 305 g/mol. The third kappa shape index (κ3) is 5.09. The largest absolute Gasteiger partial charge is 0.344 e. The quantitative estimate of drug-likeness (QED) is 0.877. The number of hydrogen-bond donors (Lipinski definition) is 1. The second-order valence-electron chi connectivity index (χ2n) is 4.78. The van der Waals surface area contributed by atoms with Gasteiger partial charge in [-0.25, -0.2) is 4.98 Å². The summed E-state index contributed by atoms with van der Waals surface area (Å²) in [6.07, 6.45) is 1.78. The van der Waals surface area contributed by atoms with Crippen LogP contribution in [0.1, 0.15) is 30.8 Å². The fourth-order valence-electron chi connectivity index (χ4n) is 1.70. The fourth-order valence-corrected chi connectivity index (χ4v) is 2.47. The van der Waals surface area contributed by atoms with E-state index in [2.05, 4.69) is 11.9 Å². The predicted octanol–water partition coefficient (Wildman–Crippen LogP) is 2.25. The first-order chi connectivity index (χ1) is 8.47. The number of nitrogens with zero attached hydrogens (tertiary/aromatic N) is 2. The topological polar surface area (TPSA) is 59.2 Å². The molecule has 0 aliphatic rings. The van der Waals surface area contributed by atoms with Gasteiger partial charge in [0.05, 0.1) is 17.2 Å². The Morgan fingerprint density at radius 2 is 2.21 bits per heavy atom. The maximum atomic E-state index is 12.1. The van der Waals surface area contributed by atoms with Crippen molar-refractivity contribution in [1.82, 2.24) is 9.88 Å². The Hall–Kier alpha value is -0.650. The van der Waals surface area contributed by atoms with Gasteiger partial charge >= 0.3 is 0 Å². The zero-order chi connectivity index (χ0) is 13.7. The summed E-state index contributed by atoms with van der Waals surface area (Å²) in [5.74, 6) is 0.261. The molecule has 110 valence electrons. The van der Waals surface area contributed by atoms with Gasteiger partial charge in [0.2, 0.25) is 5.91 Å². The lowest BCUT2D eigenvalue weighted by atomic mass is 9.99. The van der Waals surface area contributed by atoms with Crippen molar-refractivity contribution in [2.75, 3.05) is 13.6 Å². The number of nitrogens with two attached hydrogens (primary N) is 1. The van der Waals surface area contributed by atoms with Gasteiger partial charge in [-0.2, -0.15) is 0 Å². The smallest absolute Gasteiger partial charge is 0.239 e. The molecule has 6 heteroatoms. The summed E-state index contributed by atoms with van der Waals surface area (Å²) in [6.45, 7) is 6.77. The molecular formula is C13H24ClN3OS. The molecule has 0 radical (unpaired) electrons. The van der Waals surface area contributed by atoms with Crippen molar-refractivity contribution >= 4 is 29.7 Å². The number of likely N-dealkylation sites (N-methyl/N-ethyl adjacent to an activating group) is 1. The lowest BCUT2D eigenvalue weighted by Crippen LogP contribution is -2.46. The van der Waals surface area contributed by atoms with E-state index in [0.717, 1.165) is 18.5 Å². The highest BCUT2D eigenvalue weighted by Gasteiger charge is 2.22. The summed E-state index contributed by atoms with van der Waals surface area (Å²) in [4.78, 5) is 19.3. The second kappa shape index (κ2) is 8.51. The van der Waals surface area contributed by atoms with Gasteiger partial charge < -0.3 is 10.6 Å². The molecule has 1 amide bonds. The maximum Gasteiger partial charge on any atom is 0.239 e. The number of hydrogen-bond acceptors (Lipinski definition) is 4. The average Bonchev–Trinajstić information content (AvgIpc) is 2.78. The zero-order valence-electron chi connectivity index (χ0n) is 12.0. The summed E-state index contributed by atoms with van der Waals surface area (Å²) in [7, 11) is 1.82. The molecule has 1 rings (SSSR count). The van der Waals surface area contributed by atoms with Crippen LogP contribution in [0.2, 0.25) is 0 Å². The standard InChI is InChI=1S/C13H23N3OS.ClH/c1-5-9(2)12(14)13(17)16(4)7-6-11-10(3)15-8-18-11;/h8-9,12H,5-7,14H2,1-4H3;1H/t9-,12-;/m0./s1. The number of aryl methyl sites for hydroxylation is 1. The molecule has 0 aliphatic heterocycles. The number of carbonyl (C=O) groups is 1. The van der Waals surface area contributed by atoms with Gasteiger partial charge in [-0.3, -0.25) is 4.79 Å². The van der Waals surface area contributed by atoms with Crippen LogP contribution in [-0.2, 0) is 11.2 Å². The van der Waals surface area contributed by atoms with Crippen LogP contribution in [0.25, 0.3) is 0 Å². The Morgan fingerprint density at radius 1 is 1.58 bits per heavy atom. The van der Waals surface area contributed by atoms with Crippen LogP contribution >= 0.6 is 23.7 Å². The summed E-state index contributed by atoms with van der Waals surface area (Å²) in [6, 6.07) is -0.387. The van der Waals surface area contributed by atoms with E-state index in [1.807, 2.05) is 26.4 Å². The number of amides is 1. The van der Waals surface area contributed by atoms with E-state index in [0.29, 0.717) is 6.54 Å². The van der Waals surface area contributed by atoms with Crippen LogP contribution in [0.4, 0.5) is 0 Å². The number of rotatable bonds is 6. The molecule has 0 aromatic carbocycles. The van der Waals surface area contributed by atoms with E-state index >= 15 is 0 Å². The van der Waals surface area contributed by atoms with Crippen molar-refractivity contribution < 1.29 is 4.79 Å². The van der Waals surface area contributed by atoms with Crippen LogP contribution in [0.5, 0.6) is 0 Å². The first-order valence-electron chi connectivity index (χ1n) is 6.36. The van der Waals surface area contributed by atoms with Gasteiger partial charge in [-0.05, 0) is 12.8 Å². The zero-order valence-corrected chi connectivity index (χ0v) is 13.7. The third-order valence-corrected chi connectivity index (χ3v) is 4.43. The van der Waals surface area contributed by atoms with Gasteiger partial charge in [-0.1, -0.05) is 20.3 Å². The van der Waals surface area contributed by atoms with Crippen LogP contribution in [-0.4, -0.2) is 35.4 Å². The van der Waals surface area contributed by atoms with Crippen molar-refractivity contribution in [3.63, 3.8) is 0 Å². The highest BCUT2D eigenvalue weighted by Crippen LogP contribution is 2.14. The van der Waals surface area contributed by atoms with Crippen LogP contribution in [0.3, 0.4) is 0 Å². The lowest BCUT2D eigenvalue weighted by molar-refractivity contribution is -0.132. The molecule has 2 atom stereocenters. The molecule has 1 aromatic rings. The molecule has 0 bridgehead atoms. The Bertz CT molecular complexity index is 397. The van der Waals surface area contributed by atoms with Gasteiger partial charge in [0.1, 0.15) is 0 Å². The number of halogens is 1. The highest BCUT2D eigenvalue weighted by molar-refractivity contribution is 7.09. The average molecular weight is 306 g/mol. The van der Waals surface area contributed by atoms with Crippen molar-refractivity contribution in [2.24, 2.45) is 11.7 Å². The van der Waals surface area contributed by atoms with E-state index in [-0.39, 0.29) is 30.3 Å². The molecule has 0 spiro atoms. The summed E-state index contributed by atoms with van der Waals surface area (Å²) in [5, 5.41) is 0.